The maximum absolute atomic E-state index is 12.2. The van der Waals surface area contributed by atoms with Gasteiger partial charge in [-0.1, -0.05) is 0 Å². The summed E-state index contributed by atoms with van der Waals surface area (Å²) in [7, 11) is 1.69. The Morgan fingerprint density at radius 3 is 3.04 bits per heavy atom. The molecular weight excluding hydrogens is 344 g/mol. The van der Waals surface area contributed by atoms with Crippen molar-refractivity contribution in [3.8, 4) is 11.5 Å². The Bertz CT molecular complexity index is 757. The Balaban J connectivity index is 1.40. The molecule has 2 fully saturated rings. The molecule has 7 heteroatoms. The summed E-state index contributed by atoms with van der Waals surface area (Å²) < 4.78 is 11.2. The lowest BCUT2D eigenvalue weighted by atomic mass is 9.73. The number of aromatic amines is 1. The number of likely N-dealkylation sites (tertiary alicyclic amines) is 2. The van der Waals surface area contributed by atoms with E-state index in [-0.39, 0.29) is 11.3 Å². The molecule has 0 aliphatic carbocycles. The van der Waals surface area contributed by atoms with Gasteiger partial charge in [-0.05, 0) is 44.0 Å². The zero-order valence-corrected chi connectivity index (χ0v) is 15.9. The zero-order valence-electron chi connectivity index (χ0n) is 15.9. The van der Waals surface area contributed by atoms with Crippen LogP contribution in [-0.2, 0) is 16.1 Å². The number of amides is 1. The molecule has 27 heavy (non-hydrogen) atoms. The van der Waals surface area contributed by atoms with Crippen LogP contribution in [0.4, 0.5) is 0 Å². The third kappa shape index (κ3) is 4.09. The van der Waals surface area contributed by atoms with Crippen molar-refractivity contribution < 1.29 is 13.9 Å². The Labute approximate surface area is 159 Å². The first-order valence-corrected chi connectivity index (χ1v) is 9.75. The number of carbonyl (C=O) groups excluding carboxylic acids is 1. The number of hydrogen-bond donors (Lipinski definition) is 1. The molecule has 146 valence electrons. The fourth-order valence-electron chi connectivity index (χ4n) is 4.51. The van der Waals surface area contributed by atoms with Gasteiger partial charge < -0.3 is 14.1 Å². The maximum Gasteiger partial charge on any atom is 0.222 e. The van der Waals surface area contributed by atoms with Gasteiger partial charge >= 0.3 is 0 Å². The average molecular weight is 372 g/mol. The molecule has 2 aromatic rings. The van der Waals surface area contributed by atoms with E-state index in [9.17, 15) is 4.79 Å². The number of nitrogens with zero attached hydrogens (tertiary/aromatic N) is 3. The molecule has 0 unspecified atom stereocenters. The summed E-state index contributed by atoms with van der Waals surface area (Å²) in [6.45, 7) is 5.06. The largest absolute Gasteiger partial charge is 0.458 e. The lowest BCUT2D eigenvalue weighted by molar-refractivity contribution is -0.140. The highest BCUT2D eigenvalue weighted by atomic mass is 16.5. The van der Waals surface area contributed by atoms with Crippen molar-refractivity contribution in [1.29, 1.82) is 0 Å². The maximum atomic E-state index is 12.2. The lowest BCUT2D eigenvalue weighted by Gasteiger charge is -2.48. The molecule has 0 aromatic carbocycles. The quantitative estimate of drug-likeness (QED) is 0.843. The van der Waals surface area contributed by atoms with E-state index in [1.54, 1.807) is 13.3 Å². The van der Waals surface area contributed by atoms with E-state index in [1.807, 2.05) is 23.1 Å². The molecule has 1 spiro atoms. The van der Waals surface area contributed by atoms with E-state index >= 15 is 0 Å². The number of ether oxygens (including phenoxy) is 1. The number of rotatable bonds is 6. The van der Waals surface area contributed by atoms with E-state index in [1.165, 1.54) is 12.8 Å². The van der Waals surface area contributed by atoms with E-state index < -0.39 is 0 Å². The molecule has 1 atom stereocenters. The van der Waals surface area contributed by atoms with Crippen molar-refractivity contribution in [2.24, 2.45) is 5.41 Å². The molecule has 0 bridgehead atoms. The molecule has 2 aliphatic heterocycles. The van der Waals surface area contributed by atoms with Crippen LogP contribution in [0, 0.1) is 5.41 Å². The van der Waals surface area contributed by atoms with Gasteiger partial charge in [-0.2, -0.15) is 5.10 Å². The van der Waals surface area contributed by atoms with Crippen molar-refractivity contribution in [3.63, 3.8) is 0 Å². The number of hydrogen-bond acceptors (Lipinski definition) is 5. The normalized spacial score (nSPS) is 24.0. The van der Waals surface area contributed by atoms with Crippen LogP contribution in [0.2, 0.25) is 0 Å². The van der Waals surface area contributed by atoms with Crippen LogP contribution < -0.4 is 0 Å². The molecule has 7 nitrogen and oxygen atoms in total. The number of nitrogens with one attached hydrogen (secondary N) is 1. The Morgan fingerprint density at radius 1 is 1.30 bits per heavy atom. The molecule has 0 radical (unpaired) electrons. The van der Waals surface area contributed by atoms with Gasteiger partial charge in [0.15, 0.2) is 5.76 Å². The first kappa shape index (κ1) is 18.3. The smallest absolute Gasteiger partial charge is 0.222 e. The summed E-state index contributed by atoms with van der Waals surface area (Å²) in [6, 6.07) is 5.95. The Kier molecular flexibility index (Phi) is 5.31. The topological polar surface area (TPSA) is 74.6 Å². The van der Waals surface area contributed by atoms with E-state index in [0.717, 1.165) is 49.8 Å². The molecule has 4 heterocycles. The minimum atomic E-state index is 0.207. The van der Waals surface area contributed by atoms with Crippen LogP contribution >= 0.6 is 0 Å². The van der Waals surface area contributed by atoms with Gasteiger partial charge in [0.25, 0.3) is 0 Å². The number of piperidine rings is 2. The van der Waals surface area contributed by atoms with Gasteiger partial charge in [0.05, 0.1) is 13.2 Å². The molecule has 1 amide bonds. The van der Waals surface area contributed by atoms with Crippen LogP contribution in [0.1, 0.15) is 31.4 Å². The van der Waals surface area contributed by atoms with Gasteiger partial charge in [-0.25, -0.2) is 0 Å². The minimum Gasteiger partial charge on any atom is -0.458 e. The van der Waals surface area contributed by atoms with Gasteiger partial charge in [0.1, 0.15) is 11.5 Å². The third-order valence-electron chi connectivity index (χ3n) is 5.86. The second-order valence-corrected chi connectivity index (χ2v) is 7.86. The summed E-state index contributed by atoms with van der Waals surface area (Å²) in [4.78, 5) is 16.7. The zero-order chi connectivity index (χ0) is 18.7. The van der Waals surface area contributed by atoms with Crippen molar-refractivity contribution >= 4 is 5.91 Å². The van der Waals surface area contributed by atoms with Gasteiger partial charge in [-0.3, -0.25) is 14.8 Å². The minimum absolute atomic E-state index is 0.207. The lowest BCUT2D eigenvalue weighted by Crippen LogP contribution is -2.54. The predicted octanol–water partition coefficient (Wildman–Crippen LogP) is 2.52. The van der Waals surface area contributed by atoms with Crippen LogP contribution in [0.5, 0.6) is 0 Å². The van der Waals surface area contributed by atoms with E-state index in [2.05, 4.69) is 15.1 Å². The van der Waals surface area contributed by atoms with Crippen LogP contribution in [0.15, 0.2) is 28.8 Å². The number of carbonyl (C=O) groups is 1. The summed E-state index contributed by atoms with van der Waals surface area (Å²) in [6.07, 6.45) is 5.73. The summed E-state index contributed by atoms with van der Waals surface area (Å²) in [5, 5.41) is 6.92. The second kappa shape index (κ2) is 7.86. The van der Waals surface area contributed by atoms with Crippen molar-refractivity contribution in [2.45, 2.75) is 32.2 Å². The average Bonchev–Trinajstić information content (AvgIpc) is 3.35. The third-order valence-corrected chi connectivity index (χ3v) is 5.86. The molecule has 2 aromatic heterocycles. The van der Waals surface area contributed by atoms with E-state index in [4.69, 9.17) is 9.15 Å². The molecule has 4 rings (SSSR count). The Morgan fingerprint density at radius 2 is 2.22 bits per heavy atom. The molecule has 2 aliphatic rings. The van der Waals surface area contributed by atoms with Gasteiger partial charge in [-0.15, -0.1) is 0 Å². The summed E-state index contributed by atoms with van der Waals surface area (Å²) in [5.74, 6) is 2.06. The monoisotopic (exact) mass is 372 g/mol. The standard InChI is InChI=1S/C20H28N4O3/c1-26-12-11-24-15-20(8-5-19(24)25)7-2-10-23(14-20)13-16-3-4-18(27-16)17-6-9-21-22-17/h3-4,6,9H,2,5,7-8,10-15H2,1H3,(H,21,22)/t20-/m1/s1. The van der Waals surface area contributed by atoms with Crippen molar-refractivity contribution in [3.05, 3.63) is 30.2 Å². The number of aromatic nitrogens is 2. The summed E-state index contributed by atoms with van der Waals surface area (Å²) >= 11 is 0. The fourth-order valence-corrected chi connectivity index (χ4v) is 4.51. The number of H-pyrrole nitrogens is 1. The van der Waals surface area contributed by atoms with Gasteiger partial charge in [0, 0.05) is 44.8 Å². The predicted molar refractivity (Wildman–Crippen MR) is 101 cm³/mol. The second-order valence-electron chi connectivity index (χ2n) is 7.86. The van der Waals surface area contributed by atoms with Crippen LogP contribution in [-0.4, -0.2) is 65.8 Å². The van der Waals surface area contributed by atoms with Gasteiger partial charge in [0.2, 0.25) is 5.91 Å². The fraction of sp³-hybridized carbons (Fsp3) is 0.600. The first-order valence-electron chi connectivity index (χ1n) is 9.75. The highest BCUT2D eigenvalue weighted by molar-refractivity contribution is 5.77. The SMILES string of the molecule is COCCN1C[C@]2(CCCN(Cc3ccc(-c4ccn[nH]4)o3)C2)CCC1=O. The van der Waals surface area contributed by atoms with Crippen LogP contribution in [0.25, 0.3) is 11.5 Å². The number of methoxy groups -OCH3 is 1. The van der Waals surface area contributed by atoms with E-state index in [0.29, 0.717) is 19.6 Å². The highest BCUT2D eigenvalue weighted by Crippen LogP contribution is 2.39. The molecular formula is C20H28N4O3. The number of furan rings is 1. The Hall–Kier alpha value is -2.12. The molecule has 2 saturated heterocycles. The highest BCUT2D eigenvalue weighted by Gasteiger charge is 2.41. The summed E-state index contributed by atoms with van der Waals surface area (Å²) in [5.41, 5.74) is 1.11. The van der Waals surface area contributed by atoms with Crippen molar-refractivity contribution in [2.75, 3.05) is 39.9 Å². The first-order chi connectivity index (χ1) is 13.2. The van der Waals surface area contributed by atoms with Crippen LogP contribution in [0.3, 0.4) is 0 Å². The molecule has 1 N–H and O–H groups in total. The van der Waals surface area contributed by atoms with Crippen molar-refractivity contribution in [1.82, 2.24) is 20.0 Å². The molecule has 0 saturated carbocycles.